The van der Waals surface area contributed by atoms with Gasteiger partial charge in [-0.05, 0) is 24.6 Å². The second-order valence-corrected chi connectivity index (χ2v) is 3.34. The SMILES string of the molecule is CCCOc1ccc(OC(F)(F)F)cc1C(=O)[O-]. The summed E-state index contributed by atoms with van der Waals surface area (Å²) < 4.78 is 44.6. The molecule has 0 saturated heterocycles. The summed E-state index contributed by atoms with van der Waals surface area (Å²) in [5.41, 5.74) is -0.481. The van der Waals surface area contributed by atoms with Crippen LogP contribution in [0.2, 0.25) is 0 Å². The number of benzene rings is 1. The third-order valence-corrected chi connectivity index (χ3v) is 1.87. The van der Waals surface area contributed by atoms with Crippen molar-refractivity contribution in [1.29, 1.82) is 0 Å². The van der Waals surface area contributed by atoms with Crippen LogP contribution in [0.15, 0.2) is 18.2 Å². The topological polar surface area (TPSA) is 58.6 Å². The molecule has 0 aliphatic rings. The molecule has 0 aromatic heterocycles. The van der Waals surface area contributed by atoms with E-state index in [1.807, 2.05) is 0 Å². The summed E-state index contributed by atoms with van der Waals surface area (Å²) in [6, 6.07) is 2.79. The largest absolute Gasteiger partial charge is 0.573 e. The highest BCUT2D eigenvalue weighted by molar-refractivity contribution is 5.89. The summed E-state index contributed by atoms with van der Waals surface area (Å²) in [7, 11) is 0. The van der Waals surface area contributed by atoms with Crippen molar-refractivity contribution in [3.05, 3.63) is 23.8 Å². The molecule has 0 amide bonds. The lowest BCUT2D eigenvalue weighted by Crippen LogP contribution is -2.24. The zero-order valence-corrected chi connectivity index (χ0v) is 9.41. The summed E-state index contributed by atoms with van der Waals surface area (Å²) in [4.78, 5) is 10.8. The standard InChI is InChI=1S/C11H11F3O4/c1-2-5-17-9-4-3-7(18-11(12,13)14)6-8(9)10(15)16/h3-4,6H,2,5H2,1H3,(H,15,16)/p-1. The van der Waals surface area contributed by atoms with Gasteiger partial charge in [-0.1, -0.05) is 6.92 Å². The summed E-state index contributed by atoms with van der Waals surface area (Å²) in [6.45, 7) is 2.06. The van der Waals surface area contributed by atoms with Gasteiger partial charge in [0.05, 0.1) is 12.6 Å². The lowest BCUT2D eigenvalue weighted by Gasteiger charge is -2.14. The van der Waals surface area contributed by atoms with Gasteiger partial charge in [-0.15, -0.1) is 13.2 Å². The van der Waals surface area contributed by atoms with Gasteiger partial charge in [-0.3, -0.25) is 0 Å². The highest BCUT2D eigenvalue weighted by atomic mass is 19.4. The van der Waals surface area contributed by atoms with E-state index < -0.39 is 23.6 Å². The molecule has 7 heteroatoms. The predicted octanol–water partition coefficient (Wildman–Crippen LogP) is 1.74. The number of halogens is 3. The maximum atomic E-state index is 12.0. The third kappa shape index (κ3) is 4.15. The zero-order valence-electron chi connectivity index (χ0n) is 9.41. The van der Waals surface area contributed by atoms with Gasteiger partial charge in [0.25, 0.3) is 0 Å². The Morgan fingerprint density at radius 3 is 2.56 bits per heavy atom. The van der Waals surface area contributed by atoms with E-state index in [0.29, 0.717) is 12.5 Å². The van der Waals surface area contributed by atoms with Crippen molar-refractivity contribution in [1.82, 2.24) is 0 Å². The molecule has 0 fully saturated rings. The van der Waals surface area contributed by atoms with Crippen molar-refractivity contribution in [2.45, 2.75) is 19.7 Å². The number of hydrogen-bond donors (Lipinski definition) is 0. The van der Waals surface area contributed by atoms with E-state index in [9.17, 15) is 23.1 Å². The second-order valence-electron chi connectivity index (χ2n) is 3.34. The van der Waals surface area contributed by atoms with Gasteiger partial charge in [-0.2, -0.15) is 0 Å². The number of hydrogen-bond acceptors (Lipinski definition) is 4. The maximum absolute atomic E-state index is 12.0. The first-order chi connectivity index (χ1) is 8.33. The summed E-state index contributed by atoms with van der Waals surface area (Å²) in [5.74, 6) is -2.31. The first kappa shape index (κ1) is 14.1. The molecule has 0 heterocycles. The molecule has 18 heavy (non-hydrogen) atoms. The van der Waals surface area contributed by atoms with Gasteiger partial charge in [-0.25, -0.2) is 0 Å². The molecular formula is C11H10F3O4-. The summed E-state index contributed by atoms with van der Waals surface area (Å²) in [6.07, 6.45) is -4.25. The molecule has 0 saturated carbocycles. The van der Waals surface area contributed by atoms with E-state index in [0.717, 1.165) is 12.1 Å². The molecule has 0 spiro atoms. The fourth-order valence-corrected chi connectivity index (χ4v) is 1.20. The number of rotatable bonds is 5. The molecule has 0 aliphatic carbocycles. The average Bonchev–Trinajstić information content (AvgIpc) is 2.25. The Kier molecular flexibility index (Phi) is 4.41. The smallest absolute Gasteiger partial charge is 0.545 e. The molecule has 0 aliphatic heterocycles. The molecule has 0 bridgehead atoms. The van der Waals surface area contributed by atoms with Gasteiger partial charge < -0.3 is 19.4 Å². The van der Waals surface area contributed by atoms with Crippen molar-refractivity contribution >= 4 is 5.97 Å². The molecule has 1 rings (SSSR count). The van der Waals surface area contributed by atoms with Gasteiger partial charge in [0, 0.05) is 5.56 Å². The number of carboxylic acids is 1. The fourth-order valence-electron chi connectivity index (χ4n) is 1.20. The average molecular weight is 263 g/mol. The molecule has 0 atom stereocenters. The van der Waals surface area contributed by atoms with Crippen LogP contribution >= 0.6 is 0 Å². The van der Waals surface area contributed by atoms with Crippen LogP contribution in [0.3, 0.4) is 0 Å². The first-order valence-electron chi connectivity index (χ1n) is 5.07. The Hall–Kier alpha value is -1.92. The van der Waals surface area contributed by atoms with Crippen LogP contribution in [0.5, 0.6) is 11.5 Å². The van der Waals surface area contributed by atoms with Crippen LogP contribution in [0.1, 0.15) is 23.7 Å². The maximum Gasteiger partial charge on any atom is 0.573 e. The predicted molar refractivity (Wildman–Crippen MR) is 53.2 cm³/mol. The van der Waals surface area contributed by atoms with E-state index in [1.165, 1.54) is 0 Å². The number of carboxylic acid groups (broad SMARTS) is 1. The molecule has 0 unspecified atom stereocenters. The lowest BCUT2D eigenvalue weighted by atomic mass is 10.2. The minimum Gasteiger partial charge on any atom is -0.545 e. The lowest BCUT2D eigenvalue weighted by molar-refractivity contribution is -0.275. The monoisotopic (exact) mass is 263 g/mol. The Morgan fingerprint density at radius 2 is 2.06 bits per heavy atom. The molecule has 0 radical (unpaired) electrons. The number of aromatic carboxylic acids is 1. The number of carbonyl (C=O) groups is 1. The fraction of sp³-hybridized carbons (Fsp3) is 0.364. The van der Waals surface area contributed by atoms with Gasteiger partial charge in [0.1, 0.15) is 11.5 Å². The number of carbonyl (C=O) groups excluding carboxylic acids is 1. The van der Waals surface area contributed by atoms with Crippen LogP contribution < -0.4 is 14.6 Å². The Labute approximate surface area is 101 Å². The van der Waals surface area contributed by atoms with E-state index in [4.69, 9.17) is 4.74 Å². The Bertz CT molecular complexity index is 429. The second kappa shape index (κ2) is 5.61. The van der Waals surface area contributed by atoms with Crippen molar-refractivity contribution in [3.8, 4) is 11.5 Å². The summed E-state index contributed by atoms with van der Waals surface area (Å²) in [5, 5.41) is 10.8. The van der Waals surface area contributed by atoms with Gasteiger partial charge in [0.15, 0.2) is 0 Å². The van der Waals surface area contributed by atoms with Gasteiger partial charge >= 0.3 is 6.36 Å². The van der Waals surface area contributed by atoms with Gasteiger partial charge in [0.2, 0.25) is 0 Å². The first-order valence-corrected chi connectivity index (χ1v) is 5.07. The minimum absolute atomic E-state index is 0.0497. The normalized spacial score (nSPS) is 11.1. The summed E-state index contributed by atoms with van der Waals surface area (Å²) >= 11 is 0. The number of alkyl halides is 3. The van der Waals surface area contributed by atoms with Crippen molar-refractivity contribution in [3.63, 3.8) is 0 Å². The van der Waals surface area contributed by atoms with Crippen molar-refractivity contribution in [2.75, 3.05) is 6.61 Å². The molecule has 4 nitrogen and oxygen atoms in total. The molecule has 0 N–H and O–H groups in total. The van der Waals surface area contributed by atoms with E-state index in [2.05, 4.69) is 4.74 Å². The van der Waals surface area contributed by atoms with Crippen molar-refractivity contribution in [2.24, 2.45) is 0 Å². The molecule has 100 valence electrons. The Morgan fingerprint density at radius 1 is 1.39 bits per heavy atom. The third-order valence-electron chi connectivity index (χ3n) is 1.87. The minimum atomic E-state index is -4.88. The van der Waals surface area contributed by atoms with Crippen LogP contribution in [0.4, 0.5) is 13.2 Å². The van der Waals surface area contributed by atoms with E-state index >= 15 is 0 Å². The quantitative estimate of drug-likeness (QED) is 0.811. The zero-order chi connectivity index (χ0) is 13.8. The molecule has 1 aromatic rings. The highest BCUT2D eigenvalue weighted by Crippen LogP contribution is 2.28. The molecule has 1 aromatic carbocycles. The van der Waals surface area contributed by atoms with E-state index in [-0.39, 0.29) is 12.4 Å². The van der Waals surface area contributed by atoms with Crippen LogP contribution in [-0.2, 0) is 0 Å². The Balaban J connectivity index is 2.99. The van der Waals surface area contributed by atoms with E-state index in [1.54, 1.807) is 6.92 Å². The molecular weight excluding hydrogens is 253 g/mol. The van der Waals surface area contributed by atoms with Crippen LogP contribution in [0.25, 0.3) is 0 Å². The highest BCUT2D eigenvalue weighted by Gasteiger charge is 2.31. The number of ether oxygens (including phenoxy) is 2. The van der Waals surface area contributed by atoms with Crippen molar-refractivity contribution < 1.29 is 32.5 Å². The van der Waals surface area contributed by atoms with Crippen LogP contribution in [-0.4, -0.2) is 18.9 Å². The van der Waals surface area contributed by atoms with Crippen LogP contribution in [0, 0.1) is 0 Å².